The molecule has 4 rings (SSSR count). The van der Waals surface area contributed by atoms with Crippen molar-refractivity contribution in [1.82, 2.24) is 0 Å². The van der Waals surface area contributed by atoms with E-state index in [1.807, 2.05) is 10.8 Å². The maximum absolute atomic E-state index is 4.74. The number of hydrogen-bond acceptors (Lipinski definition) is 2. The van der Waals surface area contributed by atoms with Crippen molar-refractivity contribution < 1.29 is 4.68 Å². The van der Waals surface area contributed by atoms with E-state index >= 15 is 0 Å². The average Bonchev–Trinajstić information content (AvgIpc) is 3.17. The van der Waals surface area contributed by atoms with E-state index in [1.165, 1.54) is 22.5 Å². The van der Waals surface area contributed by atoms with Crippen LogP contribution in [0.5, 0.6) is 0 Å². The molecule has 0 atom stereocenters. The summed E-state index contributed by atoms with van der Waals surface area (Å²) in [6.45, 7) is 5.45. The summed E-state index contributed by atoms with van der Waals surface area (Å²) in [5.41, 5.74) is 6.14. The number of anilines is 1. The van der Waals surface area contributed by atoms with Crippen LogP contribution in [0.15, 0.2) is 71.5 Å². The van der Waals surface area contributed by atoms with Gasteiger partial charge in [0.2, 0.25) is 0 Å². The van der Waals surface area contributed by atoms with Crippen molar-refractivity contribution in [2.24, 2.45) is 5.10 Å². The summed E-state index contributed by atoms with van der Waals surface area (Å²) < 4.78 is 2.04. The fraction of sp³-hybridized carbons (Fsp3) is 0.238. The third-order valence-corrected chi connectivity index (χ3v) is 4.89. The molecule has 24 heavy (non-hydrogen) atoms. The van der Waals surface area contributed by atoms with Gasteiger partial charge in [0.1, 0.15) is 5.71 Å². The Bertz CT molecular complexity index is 858. The van der Waals surface area contributed by atoms with Crippen LogP contribution in [0.1, 0.15) is 31.4 Å². The van der Waals surface area contributed by atoms with Gasteiger partial charge in [-0.2, -0.15) is 0 Å². The van der Waals surface area contributed by atoms with Crippen LogP contribution in [0.25, 0.3) is 0 Å². The smallest absolute Gasteiger partial charge is 0.198 e. The van der Waals surface area contributed by atoms with Gasteiger partial charge in [0, 0.05) is 28.4 Å². The molecular weight excluding hydrogens is 294 g/mol. The molecule has 2 aliphatic heterocycles. The Morgan fingerprint density at radius 3 is 2.58 bits per heavy atom. The number of hydrazone groups is 1. The molecule has 0 saturated heterocycles. The van der Waals surface area contributed by atoms with E-state index in [9.17, 15) is 0 Å². The van der Waals surface area contributed by atoms with Crippen LogP contribution in [0.2, 0.25) is 0 Å². The van der Waals surface area contributed by atoms with Crippen molar-refractivity contribution in [2.75, 3.05) is 11.9 Å². The van der Waals surface area contributed by atoms with Gasteiger partial charge >= 0.3 is 0 Å². The maximum Gasteiger partial charge on any atom is 0.198 e. The highest BCUT2D eigenvalue weighted by molar-refractivity contribution is 6.00. The molecule has 0 amide bonds. The van der Waals surface area contributed by atoms with E-state index in [0.717, 1.165) is 18.7 Å². The molecule has 0 aromatic heterocycles. The number of nitrogens with one attached hydrogen (secondary N) is 1. The summed E-state index contributed by atoms with van der Waals surface area (Å²) in [4.78, 5) is 0. The highest BCUT2D eigenvalue weighted by Crippen LogP contribution is 2.42. The number of fused-ring (bicyclic) bond motifs is 1. The average molecular weight is 316 g/mol. The van der Waals surface area contributed by atoms with Gasteiger partial charge in [-0.15, -0.1) is 0 Å². The van der Waals surface area contributed by atoms with E-state index in [0.29, 0.717) is 0 Å². The highest BCUT2D eigenvalue weighted by atomic mass is 15.4. The van der Waals surface area contributed by atoms with E-state index in [-0.39, 0.29) is 5.41 Å². The van der Waals surface area contributed by atoms with Crippen molar-refractivity contribution in [1.29, 1.82) is 0 Å². The van der Waals surface area contributed by atoms with Gasteiger partial charge in [-0.25, -0.2) is 0 Å². The van der Waals surface area contributed by atoms with Gasteiger partial charge in [0.25, 0.3) is 0 Å². The Kier molecular flexibility index (Phi) is 3.57. The SMILES string of the molecule is CC1(C)/C(=C\C=[N+]2\CCC(c3ccccc3)=N2)Nc2ccccc21. The first-order valence-electron chi connectivity index (χ1n) is 8.46. The number of hydrogen-bond donors (Lipinski definition) is 1. The summed E-state index contributed by atoms with van der Waals surface area (Å²) in [5.74, 6) is 0. The van der Waals surface area contributed by atoms with Gasteiger partial charge in [0.15, 0.2) is 12.8 Å². The van der Waals surface area contributed by atoms with Crippen LogP contribution < -0.4 is 5.32 Å². The lowest BCUT2D eigenvalue weighted by Gasteiger charge is -2.19. The topological polar surface area (TPSA) is 27.4 Å². The Labute approximate surface area is 143 Å². The van der Waals surface area contributed by atoms with Gasteiger partial charge in [-0.3, -0.25) is 0 Å². The molecule has 0 unspecified atom stereocenters. The second-order valence-electron chi connectivity index (χ2n) is 6.85. The van der Waals surface area contributed by atoms with Gasteiger partial charge in [-0.05, 0) is 16.7 Å². The minimum Gasteiger partial charge on any atom is -0.358 e. The van der Waals surface area contributed by atoms with Crippen LogP contribution >= 0.6 is 0 Å². The molecule has 0 radical (unpaired) electrons. The zero-order valence-electron chi connectivity index (χ0n) is 14.2. The van der Waals surface area contributed by atoms with Crippen LogP contribution in [-0.4, -0.2) is 23.2 Å². The van der Waals surface area contributed by atoms with E-state index < -0.39 is 0 Å². The van der Waals surface area contributed by atoms with Crippen LogP contribution in [0.3, 0.4) is 0 Å². The second-order valence-corrected chi connectivity index (χ2v) is 6.85. The van der Waals surface area contributed by atoms with Crippen LogP contribution in [0, 0.1) is 0 Å². The van der Waals surface area contributed by atoms with Crippen molar-refractivity contribution in [3.63, 3.8) is 0 Å². The first-order chi connectivity index (χ1) is 11.6. The Morgan fingerprint density at radius 1 is 1.04 bits per heavy atom. The molecule has 2 heterocycles. The second kappa shape index (κ2) is 5.75. The predicted molar refractivity (Wildman–Crippen MR) is 100.0 cm³/mol. The van der Waals surface area contributed by atoms with Crippen molar-refractivity contribution in [2.45, 2.75) is 25.7 Å². The maximum atomic E-state index is 4.74. The molecule has 3 nitrogen and oxygen atoms in total. The molecule has 0 fully saturated rings. The lowest BCUT2D eigenvalue weighted by Crippen LogP contribution is -2.18. The number of nitrogens with zero attached hydrogens (tertiary/aromatic N) is 2. The third-order valence-electron chi connectivity index (χ3n) is 4.89. The molecule has 0 spiro atoms. The summed E-state index contributed by atoms with van der Waals surface area (Å²) in [6.07, 6.45) is 5.24. The largest absolute Gasteiger partial charge is 0.358 e. The van der Waals surface area contributed by atoms with Crippen LogP contribution in [0.4, 0.5) is 5.69 Å². The molecule has 1 N–H and O–H groups in total. The molecule has 2 aromatic rings. The minimum absolute atomic E-state index is 0.00120. The van der Waals surface area contributed by atoms with E-state index in [2.05, 4.69) is 80.0 Å². The van der Waals surface area contributed by atoms with E-state index in [1.54, 1.807) is 0 Å². The molecule has 0 bridgehead atoms. The first-order valence-corrected chi connectivity index (χ1v) is 8.46. The standard InChI is InChI=1S/C21H21N3/c1-21(2)17-10-6-7-11-19(17)22-20(21)13-15-24-14-12-18(23-24)16-8-4-3-5-9-16/h3-11,13,15H,12,14H2,1-2H3/p+1. The predicted octanol–water partition coefficient (Wildman–Crippen LogP) is 4.16. The number of para-hydroxylation sites is 1. The quantitative estimate of drug-likeness (QED) is 0.828. The summed E-state index contributed by atoms with van der Waals surface area (Å²) >= 11 is 0. The van der Waals surface area contributed by atoms with Crippen molar-refractivity contribution in [3.05, 3.63) is 77.5 Å². The summed E-state index contributed by atoms with van der Waals surface area (Å²) in [6, 6.07) is 18.9. The van der Waals surface area contributed by atoms with Gasteiger partial charge in [0.05, 0.1) is 6.42 Å². The molecule has 2 aliphatic rings. The molecule has 0 aliphatic carbocycles. The molecular formula is C21H22N3+. The lowest BCUT2D eigenvalue weighted by atomic mass is 9.84. The number of allylic oxidation sites excluding steroid dienone is 2. The fourth-order valence-corrected chi connectivity index (χ4v) is 3.41. The third kappa shape index (κ3) is 2.56. The lowest BCUT2D eigenvalue weighted by molar-refractivity contribution is -0.517. The number of rotatable bonds is 2. The van der Waals surface area contributed by atoms with Gasteiger partial charge in [-0.1, -0.05) is 67.1 Å². The first kappa shape index (κ1) is 14.9. The fourth-order valence-electron chi connectivity index (χ4n) is 3.41. The monoisotopic (exact) mass is 316 g/mol. The zero-order chi connectivity index (χ0) is 16.6. The Balaban J connectivity index is 1.60. The normalized spacial score (nSPS) is 21.7. The van der Waals surface area contributed by atoms with E-state index in [4.69, 9.17) is 5.10 Å². The molecule has 0 saturated carbocycles. The minimum atomic E-state index is -0.00120. The van der Waals surface area contributed by atoms with Crippen molar-refractivity contribution >= 4 is 17.6 Å². The Hall–Kier alpha value is -2.68. The molecule has 2 aromatic carbocycles. The highest BCUT2D eigenvalue weighted by Gasteiger charge is 2.34. The summed E-state index contributed by atoms with van der Waals surface area (Å²) in [5, 5.41) is 8.28. The zero-order valence-corrected chi connectivity index (χ0v) is 14.2. The van der Waals surface area contributed by atoms with Crippen molar-refractivity contribution in [3.8, 4) is 0 Å². The van der Waals surface area contributed by atoms with Gasteiger partial charge < -0.3 is 5.32 Å². The molecule has 120 valence electrons. The van der Waals surface area contributed by atoms with Crippen LogP contribution in [-0.2, 0) is 5.41 Å². The number of benzene rings is 2. The summed E-state index contributed by atoms with van der Waals surface area (Å²) in [7, 11) is 0. The Morgan fingerprint density at radius 2 is 1.79 bits per heavy atom. The molecule has 3 heteroatoms.